The van der Waals surface area contributed by atoms with Gasteiger partial charge in [0, 0.05) is 30.9 Å². The molecule has 0 amide bonds. The van der Waals surface area contributed by atoms with Gasteiger partial charge < -0.3 is 4.90 Å². The predicted molar refractivity (Wildman–Crippen MR) is 106 cm³/mol. The maximum atomic E-state index is 12.4. The maximum absolute atomic E-state index is 12.4. The highest BCUT2D eigenvalue weighted by Gasteiger charge is 2.27. The summed E-state index contributed by atoms with van der Waals surface area (Å²) in [6, 6.07) is 2.25. The van der Waals surface area contributed by atoms with Gasteiger partial charge in [-0.3, -0.25) is 9.69 Å². The lowest BCUT2D eigenvalue weighted by Crippen LogP contribution is -2.48. The van der Waals surface area contributed by atoms with Gasteiger partial charge in [0.15, 0.2) is 0 Å². The second-order valence-corrected chi connectivity index (χ2v) is 8.54. The Bertz CT molecular complexity index is 793. The summed E-state index contributed by atoms with van der Waals surface area (Å²) in [5.41, 5.74) is 0.829. The molecule has 0 N–H and O–H groups in total. The first-order chi connectivity index (χ1) is 12.7. The molecular formula is C19H29N5OS. The van der Waals surface area contributed by atoms with Gasteiger partial charge in [-0.2, -0.15) is 4.52 Å². The van der Waals surface area contributed by atoms with E-state index in [2.05, 4.69) is 26.8 Å². The third-order valence-electron chi connectivity index (χ3n) is 5.62. The summed E-state index contributed by atoms with van der Waals surface area (Å²) >= 11 is 1.56. The van der Waals surface area contributed by atoms with Crippen molar-refractivity contribution in [2.75, 3.05) is 31.1 Å². The van der Waals surface area contributed by atoms with Gasteiger partial charge in [0.05, 0.1) is 0 Å². The molecule has 2 aliphatic heterocycles. The highest BCUT2D eigenvalue weighted by Crippen LogP contribution is 2.27. The van der Waals surface area contributed by atoms with E-state index in [-0.39, 0.29) is 5.56 Å². The molecule has 26 heavy (non-hydrogen) atoms. The molecule has 2 aromatic rings. The zero-order chi connectivity index (χ0) is 17.9. The van der Waals surface area contributed by atoms with Crippen molar-refractivity contribution < 1.29 is 0 Å². The van der Waals surface area contributed by atoms with E-state index in [1.54, 1.807) is 17.4 Å². The summed E-state index contributed by atoms with van der Waals surface area (Å²) in [6.07, 6.45) is 9.73. The Hall–Kier alpha value is -1.47. The SMILES string of the molecule is CCCc1cc(=O)n2nc(N3CCCC(N4CCCCCC4)C3)sc2n1. The van der Waals surface area contributed by atoms with Gasteiger partial charge in [-0.25, -0.2) is 4.98 Å². The van der Waals surface area contributed by atoms with E-state index in [1.165, 1.54) is 56.1 Å². The van der Waals surface area contributed by atoms with Gasteiger partial charge in [0.2, 0.25) is 10.1 Å². The van der Waals surface area contributed by atoms with Crippen LogP contribution in [0.2, 0.25) is 0 Å². The molecule has 1 unspecified atom stereocenters. The largest absolute Gasteiger partial charge is 0.345 e. The summed E-state index contributed by atoms with van der Waals surface area (Å²) in [6.45, 7) is 6.63. The van der Waals surface area contributed by atoms with E-state index in [0.29, 0.717) is 6.04 Å². The fourth-order valence-corrected chi connectivity index (χ4v) is 5.21. The Morgan fingerprint density at radius 2 is 1.96 bits per heavy atom. The third kappa shape index (κ3) is 3.78. The molecule has 2 aliphatic rings. The number of piperidine rings is 1. The van der Waals surface area contributed by atoms with Crippen LogP contribution in [-0.2, 0) is 6.42 Å². The number of aryl methyl sites for hydroxylation is 1. The number of rotatable bonds is 4. The summed E-state index contributed by atoms with van der Waals surface area (Å²) in [4.78, 5) is 22.8. The highest BCUT2D eigenvalue weighted by molar-refractivity contribution is 7.20. The Morgan fingerprint density at radius 1 is 1.15 bits per heavy atom. The molecule has 0 aromatic carbocycles. The molecule has 0 saturated carbocycles. The van der Waals surface area contributed by atoms with Crippen molar-refractivity contribution in [2.45, 2.75) is 64.3 Å². The number of fused-ring (bicyclic) bond motifs is 1. The molecule has 2 saturated heterocycles. The van der Waals surface area contributed by atoms with E-state index in [1.807, 2.05) is 0 Å². The summed E-state index contributed by atoms with van der Waals surface area (Å²) in [5.74, 6) is 0. The Morgan fingerprint density at radius 3 is 2.73 bits per heavy atom. The van der Waals surface area contributed by atoms with Crippen molar-refractivity contribution in [1.29, 1.82) is 0 Å². The number of hydrogen-bond donors (Lipinski definition) is 0. The smallest absolute Gasteiger partial charge is 0.275 e. The molecule has 7 heteroatoms. The molecule has 2 fully saturated rings. The number of likely N-dealkylation sites (tertiary alicyclic amines) is 1. The molecular weight excluding hydrogens is 346 g/mol. The quantitative estimate of drug-likeness (QED) is 0.822. The van der Waals surface area contributed by atoms with Crippen LogP contribution in [0.1, 0.15) is 57.6 Å². The number of hydrogen-bond acceptors (Lipinski definition) is 6. The van der Waals surface area contributed by atoms with Gasteiger partial charge in [-0.05, 0) is 45.2 Å². The standard InChI is InChI=1S/C19H29N5OS/c1-2-8-15-13-17(25)24-18(20-15)26-19(21-24)23-12-7-9-16(14-23)22-10-5-3-4-6-11-22/h13,16H,2-12,14H2,1H3. The van der Waals surface area contributed by atoms with Crippen molar-refractivity contribution in [2.24, 2.45) is 0 Å². The van der Waals surface area contributed by atoms with Gasteiger partial charge in [0.1, 0.15) is 0 Å². The molecule has 4 heterocycles. The predicted octanol–water partition coefficient (Wildman–Crippen LogP) is 2.95. The number of aromatic nitrogens is 3. The lowest BCUT2D eigenvalue weighted by Gasteiger charge is -2.38. The fraction of sp³-hybridized carbons (Fsp3) is 0.737. The molecule has 4 rings (SSSR count). The van der Waals surface area contributed by atoms with Crippen LogP contribution in [0, 0.1) is 0 Å². The monoisotopic (exact) mass is 375 g/mol. The van der Waals surface area contributed by atoms with Crippen molar-refractivity contribution >= 4 is 21.4 Å². The first kappa shape index (κ1) is 17.9. The van der Waals surface area contributed by atoms with E-state index in [9.17, 15) is 4.79 Å². The van der Waals surface area contributed by atoms with Crippen molar-refractivity contribution in [3.8, 4) is 0 Å². The van der Waals surface area contributed by atoms with E-state index >= 15 is 0 Å². The fourth-order valence-electron chi connectivity index (χ4n) is 4.24. The zero-order valence-electron chi connectivity index (χ0n) is 15.7. The van der Waals surface area contributed by atoms with Crippen molar-refractivity contribution in [3.05, 3.63) is 22.1 Å². The van der Waals surface area contributed by atoms with E-state index < -0.39 is 0 Å². The van der Waals surface area contributed by atoms with Crippen molar-refractivity contribution in [1.82, 2.24) is 19.5 Å². The third-order valence-corrected chi connectivity index (χ3v) is 6.59. The molecule has 6 nitrogen and oxygen atoms in total. The van der Waals surface area contributed by atoms with Crippen LogP contribution in [0.3, 0.4) is 0 Å². The van der Waals surface area contributed by atoms with Crippen molar-refractivity contribution in [3.63, 3.8) is 0 Å². The van der Waals surface area contributed by atoms with Gasteiger partial charge >= 0.3 is 0 Å². The first-order valence-electron chi connectivity index (χ1n) is 10.1. The second kappa shape index (κ2) is 8.05. The van der Waals surface area contributed by atoms with Crippen LogP contribution in [-0.4, -0.2) is 51.7 Å². The van der Waals surface area contributed by atoms with Gasteiger partial charge in [-0.1, -0.05) is 37.5 Å². The summed E-state index contributed by atoms with van der Waals surface area (Å²) in [7, 11) is 0. The molecule has 142 valence electrons. The average Bonchev–Trinajstić information content (AvgIpc) is 2.90. The van der Waals surface area contributed by atoms with E-state index in [0.717, 1.165) is 41.7 Å². The molecule has 0 aliphatic carbocycles. The van der Waals surface area contributed by atoms with E-state index in [4.69, 9.17) is 0 Å². The Labute approximate surface area is 158 Å². The molecule has 0 spiro atoms. The highest BCUT2D eigenvalue weighted by atomic mass is 32.1. The second-order valence-electron chi connectivity index (χ2n) is 7.61. The minimum atomic E-state index is -0.0537. The topological polar surface area (TPSA) is 53.7 Å². The van der Waals surface area contributed by atoms with Gasteiger partial charge in [0.25, 0.3) is 5.56 Å². The maximum Gasteiger partial charge on any atom is 0.275 e. The average molecular weight is 376 g/mol. The summed E-state index contributed by atoms with van der Waals surface area (Å²) < 4.78 is 1.48. The Kier molecular flexibility index (Phi) is 5.55. The first-order valence-corrected chi connectivity index (χ1v) is 10.9. The lowest BCUT2D eigenvalue weighted by molar-refractivity contribution is 0.182. The number of nitrogens with zero attached hydrogens (tertiary/aromatic N) is 5. The Balaban J connectivity index is 1.54. The summed E-state index contributed by atoms with van der Waals surface area (Å²) in [5, 5.41) is 5.55. The molecule has 1 atom stereocenters. The van der Waals surface area contributed by atoms with Crippen LogP contribution in [0.25, 0.3) is 4.96 Å². The molecule has 2 aromatic heterocycles. The minimum Gasteiger partial charge on any atom is -0.345 e. The zero-order valence-corrected chi connectivity index (χ0v) is 16.5. The molecule has 0 radical (unpaired) electrons. The van der Waals surface area contributed by atoms with Crippen LogP contribution in [0.5, 0.6) is 0 Å². The van der Waals surface area contributed by atoms with Crippen LogP contribution in [0.4, 0.5) is 5.13 Å². The van der Waals surface area contributed by atoms with Crippen LogP contribution in [0.15, 0.2) is 10.9 Å². The number of anilines is 1. The van der Waals surface area contributed by atoms with Crippen LogP contribution >= 0.6 is 11.3 Å². The van der Waals surface area contributed by atoms with Gasteiger partial charge in [-0.15, -0.1) is 5.10 Å². The normalized spacial score (nSPS) is 22.7. The van der Waals surface area contributed by atoms with Crippen LogP contribution < -0.4 is 10.5 Å². The lowest BCUT2D eigenvalue weighted by atomic mass is 10.0. The minimum absolute atomic E-state index is 0.0537. The molecule has 0 bridgehead atoms.